The lowest BCUT2D eigenvalue weighted by Crippen LogP contribution is -1.95. The zero-order valence-electron chi connectivity index (χ0n) is 17.0. The van der Waals surface area contributed by atoms with Crippen LogP contribution in [0.5, 0.6) is 28.7 Å². The Hall–Kier alpha value is -4.19. The topological polar surface area (TPSA) is 76.6 Å². The number of ether oxygens (including phenoxy) is 3. The van der Waals surface area contributed by atoms with Gasteiger partial charge in [0, 0.05) is 11.6 Å². The van der Waals surface area contributed by atoms with Gasteiger partial charge < -0.3 is 19.3 Å². The number of nitrogens with one attached hydrogen (secondary N) is 1. The summed E-state index contributed by atoms with van der Waals surface area (Å²) in [4.78, 5) is 0. The quantitative estimate of drug-likeness (QED) is 0.381. The van der Waals surface area contributed by atoms with Gasteiger partial charge in [-0.25, -0.2) is 0 Å². The van der Waals surface area contributed by atoms with Crippen LogP contribution >= 0.6 is 0 Å². The minimum absolute atomic E-state index is 0.0586. The Kier molecular flexibility index (Phi) is 5.89. The van der Waals surface area contributed by atoms with E-state index in [2.05, 4.69) is 16.8 Å². The third-order valence-corrected chi connectivity index (χ3v) is 4.75. The van der Waals surface area contributed by atoms with Crippen molar-refractivity contribution in [3.8, 4) is 40.0 Å². The van der Waals surface area contributed by atoms with Crippen LogP contribution in [0.4, 0.5) is 0 Å². The van der Waals surface area contributed by atoms with E-state index in [1.54, 1.807) is 49.7 Å². The van der Waals surface area contributed by atoms with Gasteiger partial charge in [0.25, 0.3) is 0 Å². The molecule has 0 atom stereocenters. The number of hydrogen-bond acceptors (Lipinski definition) is 5. The lowest BCUT2D eigenvalue weighted by Gasteiger charge is -2.11. The van der Waals surface area contributed by atoms with E-state index in [1.807, 2.05) is 36.4 Å². The predicted molar refractivity (Wildman–Crippen MR) is 120 cm³/mol. The molecule has 0 aliphatic carbocycles. The smallest absolute Gasteiger partial charge is 0.173 e. The zero-order chi connectivity index (χ0) is 21.6. The molecule has 0 radical (unpaired) electrons. The third-order valence-electron chi connectivity index (χ3n) is 4.75. The summed E-state index contributed by atoms with van der Waals surface area (Å²) in [5.74, 6) is 2.49. The van der Waals surface area contributed by atoms with Crippen LogP contribution in [0.25, 0.3) is 17.3 Å². The Morgan fingerprint density at radius 2 is 1.68 bits per heavy atom. The highest BCUT2D eigenvalue weighted by Crippen LogP contribution is 2.38. The summed E-state index contributed by atoms with van der Waals surface area (Å²) in [5.41, 5.74) is 3.21. The van der Waals surface area contributed by atoms with Crippen molar-refractivity contribution < 1.29 is 19.3 Å². The first-order chi connectivity index (χ1) is 15.2. The van der Waals surface area contributed by atoms with Crippen LogP contribution in [0.2, 0.25) is 0 Å². The second-order valence-electron chi connectivity index (χ2n) is 6.80. The van der Waals surface area contributed by atoms with Gasteiger partial charge in [0.1, 0.15) is 35.3 Å². The van der Waals surface area contributed by atoms with Crippen molar-refractivity contribution in [2.45, 2.75) is 6.61 Å². The van der Waals surface area contributed by atoms with Crippen molar-refractivity contribution in [2.24, 2.45) is 0 Å². The molecule has 0 amide bonds. The first-order valence-electron chi connectivity index (χ1n) is 9.69. The molecule has 4 rings (SSSR count). The molecule has 4 aromatic rings. The highest BCUT2D eigenvalue weighted by Gasteiger charge is 2.15. The highest BCUT2D eigenvalue weighted by molar-refractivity contribution is 5.73. The van der Waals surface area contributed by atoms with Crippen molar-refractivity contribution >= 4 is 6.08 Å². The molecule has 0 unspecified atom stereocenters. The molecular weight excluding hydrogens is 392 g/mol. The molecule has 0 spiro atoms. The van der Waals surface area contributed by atoms with Gasteiger partial charge in [0.2, 0.25) is 0 Å². The monoisotopic (exact) mass is 414 g/mol. The summed E-state index contributed by atoms with van der Waals surface area (Å²) < 4.78 is 16.9. The molecule has 0 aliphatic heterocycles. The summed E-state index contributed by atoms with van der Waals surface area (Å²) in [7, 11) is 1.61. The molecule has 6 heteroatoms. The van der Waals surface area contributed by atoms with Crippen LogP contribution in [0.3, 0.4) is 0 Å². The molecule has 0 fully saturated rings. The van der Waals surface area contributed by atoms with Gasteiger partial charge in [-0.2, -0.15) is 5.10 Å². The number of aromatic nitrogens is 2. The molecule has 3 aromatic carbocycles. The molecule has 2 N–H and O–H groups in total. The number of benzene rings is 3. The van der Waals surface area contributed by atoms with Crippen LogP contribution in [0, 0.1) is 0 Å². The number of aromatic amines is 1. The number of phenolic OH excluding ortho intramolecular Hbond substituents is 1. The number of phenols is 1. The third kappa shape index (κ3) is 4.70. The average molecular weight is 414 g/mol. The Morgan fingerprint density at radius 3 is 2.35 bits per heavy atom. The second kappa shape index (κ2) is 9.09. The number of methoxy groups -OCH3 is 1. The van der Waals surface area contributed by atoms with Gasteiger partial charge in [-0.05, 0) is 47.5 Å². The highest BCUT2D eigenvalue weighted by atomic mass is 16.5. The van der Waals surface area contributed by atoms with Gasteiger partial charge in [-0.1, -0.05) is 36.9 Å². The second-order valence-corrected chi connectivity index (χ2v) is 6.80. The maximum Gasteiger partial charge on any atom is 0.173 e. The van der Waals surface area contributed by atoms with E-state index < -0.39 is 0 Å². The summed E-state index contributed by atoms with van der Waals surface area (Å²) in [6.07, 6.45) is 3.36. The number of hydrogen-bond donors (Lipinski definition) is 2. The van der Waals surface area contributed by atoms with E-state index in [-0.39, 0.29) is 5.75 Å². The van der Waals surface area contributed by atoms with E-state index in [0.717, 1.165) is 16.9 Å². The van der Waals surface area contributed by atoms with E-state index in [9.17, 15) is 5.11 Å². The molecular formula is C25H22N2O4. The van der Waals surface area contributed by atoms with Gasteiger partial charge in [-0.3, -0.25) is 5.10 Å². The van der Waals surface area contributed by atoms with Crippen LogP contribution in [0.1, 0.15) is 11.1 Å². The van der Waals surface area contributed by atoms with E-state index in [1.165, 1.54) is 0 Å². The van der Waals surface area contributed by atoms with Gasteiger partial charge >= 0.3 is 0 Å². The fraction of sp³-hybridized carbons (Fsp3) is 0.0800. The van der Waals surface area contributed by atoms with Crippen LogP contribution < -0.4 is 14.2 Å². The molecule has 31 heavy (non-hydrogen) atoms. The largest absolute Gasteiger partial charge is 0.507 e. The summed E-state index contributed by atoms with van der Waals surface area (Å²) in [5, 5.41) is 17.5. The Balaban J connectivity index is 1.47. The van der Waals surface area contributed by atoms with Crippen LogP contribution in [-0.4, -0.2) is 22.4 Å². The summed E-state index contributed by atoms with van der Waals surface area (Å²) in [6, 6.07) is 20.3. The molecule has 1 aromatic heterocycles. The SMILES string of the molecule is C=Cc1ccc(COc2ccc(-c3[nH]ncc3Oc3ccc(OC)cc3)c(O)c2)cc1. The molecule has 0 aliphatic rings. The number of aromatic hydroxyl groups is 1. The molecule has 0 saturated heterocycles. The molecule has 0 saturated carbocycles. The molecule has 0 bridgehead atoms. The molecule has 1 heterocycles. The van der Waals surface area contributed by atoms with Gasteiger partial charge in [-0.15, -0.1) is 0 Å². The number of H-pyrrole nitrogens is 1. The fourth-order valence-electron chi connectivity index (χ4n) is 3.05. The lowest BCUT2D eigenvalue weighted by atomic mass is 10.1. The van der Waals surface area contributed by atoms with Crippen molar-refractivity contribution in [3.63, 3.8) is 0 Å². The van der Waals surface area contributed by atoms with E-state index in [4.69, 9.17) is 14.2 Å². The van der Waals surface area contributed by atoms with Crippen molar-refractivity contribution in [1.29, 1.82) is 0 Å². The minimum atomic E-state index is 0.0586. The predicted octanol–water partition coefficient (Wildman–Crippen LogP) is 5.81. The van der Waals surface area contributed by atoms with Crippen molar-refractivity contribution in [3.05, 3.63) is 90.6 Å². The summed E-state index contributed by atoms with van der Waals surface area (Å²) >= 11 is 0. The average Bonchev–Trinajstić information content (AvgIpc) is 3.26. The Labute approximate surface area is 180 Å². The van der Waals surface area contributed by atoms with Crippen LogP contribution in [-0.2, 0) is 6.61 Å². The maximum atomic E-state index is 10.6. The standard InChI is InChI=1S/C25H22N2O4/c1-3-17-4-6-18(7-5-17)16-30-21-12-13-22(23(28)14-21)25-24(15-26-27-25)31-20-10-8-19(29-2)9-11-20/h3-15,28H,1,16H2,2H3,(H,26,27). The first kappa shape index (κ1) is 20.1. The Bertz CT molecular complexity index is 1170. The lowest BCUT2D eigenvalue weighted by molar-refractivity contribution is 0.304. The normalized spacial score (nSPS) is 10.5. The van der Waals surface area contributed by atoms with E-state index in [0.29, 0.717) is 35.1 Å². The van der Waals surface area contributed by atoms with Crippen LogP contribution in [0.15, 0.2) is 79.5 Å². The fourth-order valence-corrected chi connectivity index (χ4v) is 3.05. The summed E-state index contributed by atoms with van der Waals surface area (Å²) in [6.45, 7) is 4.14. The van der Waals surface area contributed by atoms with Crippen molar-refractivity contribution in [1.82, 2.24) is 10.2 Å². The van der Waals surface area contributed by atoms with E-state index >= 15 is 0 Å². The zero-order valence-corrected chi connectivity index (χ0v) is 17.0. The molecule has 6 nitrogen and oxygen atoms in total. The number of nitrogens with zero attached hydrogens (tertiary/aromatic N) is 1. The maximum absolute atomic E-state index is 10.6. The number of rotatable bonds is 8. The van der Waals surface area contributed by atoms with Crippen molar-refractivity contribution in [2.75, 3.05) is 7.11 Å². The Morgan fingerprint density at radius 1 is 0.968 bits per heavy atom. The van der Waals surface area contributed by atoms with Gasteiger partial charge in [0.05, 0.1) is 13.3 Å². The van der Waals surface area contributed by atoms with Gasteiger partial charge in [0.15, 0.2) is 5.75 Å². The minimum Gasteiger partial charge on any atom is -0.507 e. The first-order valence-corrected chi connectivity index (χ1v) is 9.69. The molecule has 156 valence electrons.